The number of rotatable bonds is 4. The van der Waals surface area contributed by atoms with Crippen LogP contribution in [0, 0.1) is 27.7 Å². The van der Waals surface area contributed by atoms with E-state index in [1.54, 1.807) is 0 Å². The van der Waals surface area contributed by atoms with Crippen molar-refractivity contribution in [1.82, 2.24) is 0 Å². The number of hydrogen-bond donors (Lipinski definition) is 0. The van der Waals surface area contributed by atoms with E-state index >= 15 is 0 Å². The third-order valence-corrected chi connectivity index (χ3v) is 23.3. The molecule has 15 rings (SSSR count). The number of benzene rings is 10. The minimum atomic E-state index is -0.361. The second-order valence-electron chi connectivity index (χ2n) is 29.7. The lowest BCUT2D eigenvalue weighted by Gasteiger charge is -2.32. The summed E-state index contributed by atoms with van der Waals surface area (Å²) in [5.41, 5.74) is 27.7. The monoisotopic (exact) mass is 1510 g/mol. The van der Waals surface area contributed by atoms with E-state index in [1.807, 2.05) is 24.3 Å². The van der Waals surface area contributed by atoms with Crippen molar-refractivity contribution in [2.24, 2.45) is 0 Å². The quantitative estimate of drug-likeness (QED) is 0.165. The third kappa shape index (κ3) is 13.7. The molecule has 0 N–H and O–H groups in total. The van der Waals surface area contributed by atoms with Gasteiger partial charge in [0.2, 0.25) is 0 Å². The molecule has 10 aromatic rings. The minimum Gasteiger partial charge on any atom is -0.399 e. The van der Waals surface area contributed by atoms with Crippen molar-refractivity contribution in [2.45, 2.75) is 163 Å². The zero-order valence-corrected chi connectivity index (χ0v) is 64.8. The Balaban J connectivity index is 0.000000127. The normalized spacial score (nSPS) is 17.3. The van der Waals surface area contributed by atoms with Gasteiger partial charge in [0.1, 0.15) is 0 Å². The van der Waals surface area contributed by atoms with Crippen molar-refractivity contribution in [3.05, 3.63) is 280 Å². The fourth-order valence-corrected chi connectivity index (χ4v) is 15.5. The van der Waals surface area contributed by atoms with Crippen LogP contribution in [0.5, 0.6) is 0 Å². The highest BCUT2D eigenvalue weighted by Gasteiger charge is 2.54. The van der Waals surface area contributed by atoms with Gasteiger partial charge in [-0.2, -0.15) is 0 Å². The highest BCUT2D eigenvalue weighted by molar-refractivity contribution is 9.11. The van der Waals surface area contributed by atoms with E-state index in [9.17, 15) is 0 Å². The molecular weight excluding hydrogens is 1430 g/mol. The summed E-state index contributed by atoms with van der Waals surface area (Å²) in [4.78, 5) is 0. The molecule has 2 saturated heterocycles. The lowest BCUT2D eigenvalue weighted by Crippen LogP contribution is -2.41. The maximum Gasteiger partial charge on any atom is 0.494 e. The SMILES string of the molecule is Brc1ccccc1-c1ccccc1Br.CC1(C)c2cc(B3OC(C)(C)C(C)(C)O3)ccc2-c2ccc(B3OC(C)(C)C(C)(C)O3)cc21.CC1(C)c2cc(Br)ccc2-c2ccc(Br)cc21.Cc1ccc2c(c1)C(C)(C)c1cc(C)ccc1-2.Cc1ccccc1-c1ccccc1C. The summed E-state index contributed by atoms with van der Waals surface area (Å²) in [6, 6.07) is 73.5. The van der Waals surface area contributed by atoms with Gasteiger partial charge in [0.15, 0.2) is 0 Å². The Kier molecular flexibility index (Phi) is 19.8. The Hall–Kier alpha value is -5.91. The first-order valence-corrected chi connectivity index (χ1v) is 36.3. The molecule has 0 saturated carbocycles. The first-order valence-electron chi connectivity index (χ1n) is 33.1. The van der Waals surface area contributed by atoms with Crippen LogP contribution in [0.4, 0.5) is 0 Å². The molecule has 0 amide bonds. The Morgan fingerprint density at radius 3 is 0.811 bits per heavy atom. The molecule has 486 valence electrons. The summed E-state index contributed by atoms with van der Waals surface area (Å²) in [5, 5.41) is 0. The molecule has 0 atom stereocenters. The molecule has 5 aliphatic rings. The van der Waals surface area contributed by atoms with E-state index in [0.717, 1.165) is 28.8 Å². The third-order valence-electron chi connectivity index (χ3n) is 21.0. The molecule has 95 heavy (non-hydrogen) atoms. The highest BCUT2D eigenvalue weighted by atomic mass is 79.9. The molecule has 2 aliphatic heterocycles. The average molecular weight is 1510 g/mol. The van der Waals surface area contributed by atoms with Crippen LogP contribution in [0.1, 0.15) is 153 Å². The fraction of sp³-hybridized carbons (Fsp3) is 0.294. The van der Waals surface area contributed by atoms with E-state index < -0.39 is 0 Å². The molecule has 0 aromatic heterocycles. The van der Waals surface area contributed by atoms with Crippen LogP contribution in [0.2, 0.25) is 0 Å². The number of aryl methyl sites for hydroxylation is 4. The molecule has 4 nitrogen and oxygen atoms in total. The first kappa shape index (κ1) is 70.4. The van der Waals surface area contributed by atoms with Crippen LogP contribution >= 0.6 is 63.7 Å². The van der Waals surface area contributed by atoms with E-state index in [2.05, 4.69) is 370 Å². The van der Waals surface area contributed by atoms with Crippen molar-refractivity contribution in [3.63, 3.8) is 0 Å². The van der Waals surface area contributed by atoms with Gasteiger partial charge in [-0.25, -0.2) is 0 Å². The second kappa shape index (κ2) is 26.7. The van der Waals surface area contributed by atoms with Crippen LogP contribution in [-0.2, 0) is 34.9 Å². The van der Waals surface area contributed by atoms with Crippen molar-refractivity contribution >= 4 is 88.9 Å². The molecule has 0 radical (unpaired) electrons. The van der Waals surface area contributed by atoms with E-state index in [4.69, 9.17) is 18.6 Å². The molecule has 10 aromatic carbocycles. The maximum atomic E-state index is 6.33. The molecule has 0 spiro atoms. The topological polar surface area (TPSA) is 36.9 Å². The Bertz CT molecular complexity index is 4050. The predicted molar refractivity (Wildman–Crippen MR) is 417 cm³/mol. The van der Waals surface area contributed by atoms with Crippen LogP contribution in [0.3, 0.4) is 0 Å². The van der Waals surface area contributed by atoms with Gasteiger partial charge in [-0.15, -0.1) is 0 Å². The van der Waals surface area contributed by atoms with Crippen molar-refractivity contribution in [3.8, 4) is 55.6 Å². The molecule has 0 unspecified atom stereocenters. The number of hydrogen-bond acceptors (Lipinski definition) is 4. The molecule has 2 fully saturated rings. The summed E-state index contributed by atoms with van der Waals surface area (Å²) in [5.74, 6) is 0. The highest BCUT2D eigenvalue weighted by Crippen LogP contribution is 2.52. The molecule has 2 heterocycles. The molecule has 0 bridgehead atoms. The second-order valence-corrected chi connectivity index (χ2v) is 33.3. The zero-order chi connectivity index (χ0) is 68.5. The number of fused-ring (bicyclic) bond motifs is 9. The smallest absolute Gasteiger partial charge is 0.399 e. The first-order chi connectivity index (χ1) is 44.6. The van der Waals surface area contributed by atoms with Crippen molar-refractivity contribution in [2.75, 3.05) is 0 Å². The zero-order valence-electron chi connectivity index (χ0n) is 58.4. The fourth-order valence-electron chi connectivity index (χ4n) is 13.8. The van der Waals surface area contributed by atoms with E-state index in [1.165, 1.54) is 111 Å². The standard InChI is InChI=1S/C27H36B2O4.C17H18.C15H12Br2.C14H14.C12H8Br2/c1-23(2)21-15-17(28-30-24(3,4)25(5,6)31-28)11-13-19(21)20-14-12-18(16-22(20)23)29-32-26(7,8)27(9,10)33-29;1-11-5-7-13-14-8-6-12(2)10-16(14)17(3,4)15(13)9-11;1-15(2)13-7-9(16)3-5-11(13)12-6-4-10(17)8-14(12)15;1-11-7-3-5-9-13(11)14-10-6-4-8-12(14)2;13-11-7-3-1-5-9(11)10-6-2-4-8-12(10)14/h11-16H,1-10H3;5-10H,1-4H3;3-8H,1-2H3;3-10H,1-2H3;1-8H. The molecule has 3 aliphatic carbocycles. The van der Waals surface area contributed by atoms with Crippen molar-refractivity contribution in [1.29, 1.82) is 0 Å². The van der Waals surface area contributed by atoms with Crippen LogP contribution in [-0.4, -0.2) is 36.6 Å². The molecular formula is C85H88B2Br4O4. The Morgan fingerprint density at radius 1 is 0.253 bits per heavy atom. The summed E-state index contributed by atoms with van der Waals surface area (Å²) in [6.07, 6.45) is 0. The Morgan fingerprint density at radius 2 is 0.505 bits per heavy atom. The lowest BCUT2D eigenvalue weighted by molar-refractivity contribution is 0.00578. The summed E-state index contributed by atoms with van der Waals surface area (Å²) in [6.45, 7) is 39.2. The van der Waals surface area contributed by atoms with Crippen LogP contribution in [0.15, 0.2) is 224 Å². The summed E-state index contributed by atoms with van der Waals surface area (Å²) in [7, 11) is -0.722. The predicted octanol–water partition coefficient (Wildman–Crippen LogP) is 23.6. The van der Waals surface area contributed by atoms with Crippen LogP contribution < -0.4 is 10.9 Å². The van der Waals surface area contributed by atoms with Gasteiger partial charge in [-0.1, -0.05) is 286 Å². The lowest BCUT2D eigenvalue weighted by atomic mass is 9.73. The average Bonchev–Trinajstić information content (AvgIpc) is 1.59. The van der Waals surface area contributed by atoms with Gasteiger partial charge in [0.25, 0.3) is 0 Å². The maximum absolute atomic E-state index is 6.33. The minimum absolute atomic E-state index is 0.0816. The van der Waals surface area contributed by atoms with Gasteiger partial charge in [-0.05, 0) is 231 Å². The van der Waals surface area contributed by atoms with Gasteiger partial charge < -0.3 is 18.6 Å². The van der Waals surface area contributed by atoms with Crippen molar-refractivity contribution < 1.29 is 18.6 Å². The summed E-state index contributed by atoms with van der Waals surface area (Å²) < 4.78 is 29.8. The van der Waals surface area contributed by atoms with Gasteiger partial charge in [-0.3, -0.25) is 0 Å². The summed E-state index contributed by atoms with van der Waals surface area (Å²) >= 11 is 14.2. The van der Waals surface area contributed by atoms with E-state index in [-0.39, 0.29) is 52.9 Å². The largest absolute Gasteiger partial charge is 0.494 e. The van der Waals surface area contributed by atoms with E-state index in [0.29, 0.717) is 0 Å². The van der Waals surface area contributed by atoms with Crippen LogP contribution in [0.25, 0.3) is 55.6 Å². The van der Waals surface area contributed by atoms with Gasteiger partial charge in [0, 0.05) is 34.1 Å². The molecule has 10 heteroatoms. The number of halogens is 4. The van der Waals surface area contributed by atoms with Gasteiger partial charge in [0.05, 0.1) is 22.4 Å². The Labute approximate surface area is 601 Å². The van der Waals surface area contributed by atoms with Gasteiger partial charge >= 0.3 is 14.2 Å².